The third-order valence-corrected chi connectivity index (χ3v) is 4.30. The molecular weight excluding hydrogens is 295 g/mol. The molecule has 2 heterocycles. The fourth-order valence-corrected chi connectivity index (χ4v) is 3.16. The van der Waals surface area contributed by atoms with E-state index in [2.05, 4.69) is 4.98 Å². The Labute approximate surface area is 134 Å². The van der Waals surface area contributed by atoms with E-state index in [9.17, 15) is 14.0 Å². The lowest BCUT2D eigenvalue weighted by Gasteiger charge is -2.30. The van der Waals surface area contributed by atoms with Crippen LogP contribution in [0.15, 0.2) is 47.4 Å². The summed E-state index contributed by atoms with van der Waals surface area (Å²) in [6.45, 7) is 0.578. The van der Waals surface area contributed by atoms with E-state index in [0.29, 0.717) is 6.54 Å². The number of carbonyl (C=O) groups is 1. The molecule has 2 aromatic rings. The summed E-state index contributed by atoms with van der Waals surface area (Å²) >= 11 is 0. The maximum absolute atomic E-state index is 13.6. The summed E-state index contributed by atoms with van der Waals surface area (Å²) in [7, 11) is 0. The van der Waals surface area contributed by atoms with Gasteiger partial charge in [0, 0.05) is 12.7 Å². The first kappa shape index (κ1) is 15.5. The van der Waals surface area contributed by atoms with Crippen LogP contribution in [0, 0.1) is 5.82 Å². The van der Waals surface area contributed by atoms with Gasteiger partial charge in [0.25, 0.3) is 11.5 Å². The summed E-state index contributed by atoms with van der Waals surface area (Å²) in [6.07, 6.45) is 5.19. The molecule has 1 saturated heterocycles. The molecule has 1 aromatic heterocycles. The molecule has 4 nitrogen and oxygen atoms in total. The molecule has 0 bridgehead atoms. The average Bonchev–Trinajstić information content (AvgIpc) is 2.80. The van der Waals surface area contributed by atoms with E-state index >= 15 is 0 Å². The summed E-state index contributed by atoms with van der Waals surface area (Å²) < 4.78 is 13.6. The Balaban J connectivity index is 1.98. The van der Waals surface area contributed by atoms with E-state index in [1.165, 1.54) is 24.4 Å². The predicted molar refractivity (Wildman–Crippen MR) is 85.7 cm³/mol. The van der Waals surface area contributed by atoms with Crippen molar-refractivity contribution in [2.45, 2.75) is 31.7 Å². The molecule has 1 atom stereocenters. The van der Waals surface area contributed by atoms with Crippen molar-refractivity contribution in [2.24, 2.45) is 0 Å². The molecule has 1 aliphatic rings. The number of H-pyrrole nitrogens is 1. The smallest absolute Gasteiger partial charge is 0.260 e. The minimum atomic E-state index is -0.389. The highest BCUT2D eigenvalue weighted by Crippen LogP contribution is 2.31. The molecule has 0 spiro atoms. The van der Waals surface area contributed by atoms with Gasteiger partial charge in [-0.3, -0.25) is 9.59 Å². The average molecular weight is 314 g/mol. The SMILES string of the molecule is O=C(c1ccc[nH]c1=O)N1CCCCCC1c1cccc(F)c1. The first-order valence-corrected chi connectivity index (χ1v) is 7.91. The molecule has 1 unspecified atom stereocenters. The molecule has 1 fully saturated rings. The first-order chi connectivity index (χ1) is 11.2. The van der Waals surface area contributed by atoms with Gasteiger partial charge in [0.2, 0.25) is 0 Å². The standard InChI is InChI=1S/C18H19FN2O2/c19-14-7-4-6-13(12-14)16-9-2-1-3-11-21(16)18(23)15-8-5-10-20-17(15)22/h4-8,10,12,16H,1-3,9,11H2,(H,20,22). The zero-order valence-corrected chi connectivity index (χ0v) is 12.8. The van der Waals surface area contributed by atoms with Gasteiger partial charge >= 0.3 is 0 Å². The van der Waals surface area contributed by atoms with Crippen LogP contribution in [0.5, 0.6) is 0 Å². The molecule has 23 heavy (non-hydrogen) atoms. The van der Waals surface area contributed by atoms with E-state index < -0.39 is 0 Å². The topological polar surface area (TPSA) is 53.2 Å². The zero-order valence-electron chi connectivity index (χ0n) is 12.8. The molecule has 3 rings (SSSR count). The van der Waals surface area contributed by atoms with Crippen LogP contribution in [0.1, 0.15) is 47.6 Å². The van der Waals surface area contributed by atoms with Gasteiger partial charge in [-0.25, -0.2) is 4.39 Å². The Bertz CT molecular complexity index is 756. The second-order valence-corrected chi connectivity index (χ2v) is 5.83. The lowest BCUT2D eigenvalue weighted by Crippen LogP contribution is -2.37. The Kier molecular flexibility index (Phi) is 4.55. The van der Waals surface area contributed by atoms with Gasteiger partial charge in [-0.2, -0.15) is 0 Å². The number of likely N-dealkylation sites (tertiary alicyclic amines) is 1. The number of amides is 1. The van der Waals surface area contributed by atoms with Crippen molar-refractivity contribution >= 4 is 5.91 Å². The fraction of sp³-hybridized carbons (Fsp3) is 0.333. The number of aromatic nitrogens is 1. The minimum Gasteiger partial charge on any atom is -0.331 e. The van der Waals surface area contributed by atoms with Crippen molar-refractivity contribution < 1.29 is 9.18 Å². The fourth-order valence-electron chi connectivity index (χ4n) is 3.16. The quantitative estimate of drug-likeness (QED) is 0.925. The van der Waals surface area contributed by atoms with E-state index in [0.717, 1.165) is 31.2 Å². The molecule has 0 saturated carbocycles. The lowest BCUT2D eigenvalue weighted by molar-refractivity contribution is 0.0678. The molecule has 1 aliphatic heterocycles. The summed E-state index contributed by atoms with van der Waals surface area (Å²) in [5.74, 6) is -0.597. The number of hydrogen-bond acceptors (Lipinski definition) is 2. The van der Waals surface area contributed by atoms with Gasteiger partial charge in [0.15, 0.2) is 0 Å². The van der Waals surface area contributed by atoms with Crippen molar-refractivity contribution in [3.8, 4) is 0 Å². The van der Waals surface area contributed by atoms with E-state index in [4.69, 9.17) is 0 Å². The number of benzene rings is 1. The van der Waals surface area contributed by atoms with Gasteiger partial charge in [0.1, 0.15) is 11.4 Å². The largest absolute Gasteiger partial charge is 0.331 e. The Morgan fingerprint density at radius 2 is 2.04 bits per heavy atom. The van der Waals surface area contributed by atoms with Crippen molar-refractivity contribution in [2.75, 3.05) is 6.54 Å². The number of hydrogen-bond donors (Lipinski definition) is 1. The number of rotatable bonds is 2. The number of aromatic amines is 1. The third-order valence-electron chi connectivity index (χ3n) is 4.30. The van der Waals surface area contributed by atoms with E-state index in [1.54, 1.807) is 17.0 Å². The number of carbonyl (C=O) groups excluding carboxylic acids is 1. The maximum Gasteiger partial charge on any atom is 0.260 e. The molecule has 0 radical (unpaired) electrons. The predicted octanol–water partition coefficient (Wildman–Crippen LogP) is 3.27. The zero-order chi connectivity index (χ0) is 16.2. The van der Waals surface area contributed by atoms with E-state index in [1.807, 2.05) is 6.07 Å². The molecular formula is C18H19FN2O2. The molecule has 1 N–H and O–H groups in total. The summed E-state index contributed by atoms with van der Waals surface area (Å²) in [4.78, 5) is 29.0. The van der Waals surface area contributed by atoms with Gasteiger partial charge in [-0.15, -0.1) is 0 Å². The number of halogens is 1. The molecule has 1 amide bonds. The summed E-state index contributed by atoms with van der Waals surface area (Å²) in [5, 5.41) is 0. The highest BCUT2D eigenvalue weighted by molar-refractivity contribution is 5.94. The Morgan fingerprint density at radius 3 is 2.83 bits per heavy atom. The van der Waals surface area contributed by atoms with Crippen LogP contribution in [0.25, 0.3) is 0 Å². The summed E-state index contributed by atoms with van der Waals surface area (Å²) in [6, 6.07) is 9.36. The van der Waals surface area contributed by atoms with Crippen LogP contribution in [-0.2, 0) is 0 Å². The van der Waals surface area contributed by atoms with Crippen molar-refractivity contribution in [1.82, 2.24) is 9.88 Å². The second kappa shape index (κ2) is 6.77. The number of nitrogens with zero attached hydrogens (tertiary/aromatic N) is 1. The van der Waals surface area contributed by atoms with Crippen LogP contribution in [0.2, 0.25) is 0 Å². The van der Waals surface area contributed by atoms with Crippen molar-refractivity contribution in [1.29, 1.82) is 0 Å². The third kappa shape index (κ3) is 3.33. The molecule has 5 heteroatoms. The minimum absolute atomic E-state index is 0.135. The molecule has 1 aromatic carbocycles. The van der Waals surface area contributed by atoms with Crippen LogP contribution in [-0.4, -0.2) is 22.3 Å². The summed E-state index contributed by atoms with van der Waals surface area (Å²) in [5.41, 5.74) is 0.531. The van der Waals surface area contributed by atoms with E-state index in [-0.39, 0.29) is 28.9 Å². The number of nitrogens with one attached hydrogen (secondary N) is 1. The maximum atomic E-state index is 13.6. The van der Waals surface area contributed by atoms with Gasteiger partial charge < -0.3 is 9.88 Å². The van der Waals surface area contributed by atoms with Crippen molar-refractivity contribution in [3.05, 3.63) is 69.9 Å². The Morgan fingerprint density at radius 1 is 1.17 bits per heavy atom. The molecule has 0 aliphatic carbocycles. The highest BCUT2D eigenvalue weighted by Gasteiger charge is 2.28. The van der Waals surface area contributed by atoms with Crippen molar-refractivity contribution in [3.63, 3.8) is 0 Å². The van der Waals surface area contributed by atoms with Crippen LogP contribution >= 0.6 is 0 Å². The Hall–Kier alpha value is -2.43. The normalized spacial score (nSPS) is 18.5. The van der Waals surface area contributed by atoms with Gasteiger partial charge in [-0.05, 0) is 42.7 Å². The van der Waals surface area contributed by atoms with Crippen LogP contribution in [0.3, 0.4) is 0 Å². The lowest BCUT2D eigenvalue weighted by atomic mass is 10.00. The molecule has 120 valence electrons. The second-order valence-electron chi connectivity index (χ2n) is 5.83. The number of pyridine rings is 1. The monoisotopic (exact) mass is 314 g/mol. The van der Waals surface area contributed by atoms with Gasteiger partial charge in [0.05, 0.1) is 6.04 Å². The van der Waals surface area contributed by atoms with Crippen LogP contribution in [0.4, 0.5) is 4.39 Å². The van der Waals surface area contributed by atoms with Gasteiger partial charge in [-0.1, -0.05) is 25.0 Å². The van der Waals surface area contributed by atoms with Crippen LogP contribution < -0.4 is 5.56 Å². The first-order valence-electron chi connectivity index (χ1n) is 7.91. The highest BCUT2D eigenvalue weighted by atomic mass is 19.1.